The third-order valence-corrected chi connectivity index (χ3v) is 3.35. The molecular formula is C13H12N2O3S. The van der Waals surface area contributed by atoms with Gasteiger partial charge in [-0.1, -0.05) is 0 Å². The number of hydrogen-bond acceptors (Lipinski definition) is 4. The van der Waals surface area contributed by atoms with Gasteiger partial charge in [-0.15, -0.1) is 11.3 Å². The van der Waals surface area contributed by atoms with Crippen molar-refractivity contribution in [2.45, 2.75) is 13.8 Å². The number of amides is 1. The van der Waals surface area contributed by atoms with Crippen molar-refractivity contribution in [1.29, 1.82) is 0 Å². The molecule has 1 heterocycles. The number of carbonyl (C=O) groups is 2. The number of rotatable bonds is 3. The summed E-state index contributed by atoms with van der Waals surface area (Å²) in [6.07, 6.45) is 0. The van der Waals surface area contributed by atoms with E-state index in [1.165, 1.54) is 23.5 Å². The number of anilines is 1. The summed E-state index contributed by atoms with van der Waals surface area (Å²) in [7, 11) is 0. The van der Waals surface area contributed by atoms with Crippen LogP contribution in [0.1, 0.15) is 31.4 Å². The molecule has 1 aromatic heterocycles. The molecule has 0 aliphatic heterocycles. The fraction of sp³-hybridized carbons (Fsp3) is 0.154. The zero-order valence-corrected chi connectivity index (χ0v) is 11.2. The van der Waals surface area contributed by atoms with Gasteiger partial charge in [-0.05, 0) is 37.6 Å². The highest BCUT2D eigenvalue weighted by Crippen LogP contribution is 2.18. The molecule has 2 N–H and O–H groups in total. The van der Waals surface area contributed by atoms with Gasteiger partial charge in [-0.2, -0.15) is 0 Å². The Balaban J connectivity index is 2.20. The average Bonchev–Trinajstić information content (AvgIpc) is 2.78. The second kappa shape index (κ2) is 5.19. The van der Waals surface area contributed by atoms with Crippen LogP contribution >= 0.6 is 11.3 Å². The third-order valence-electron chi connectivity index (χ3n) is 2.57. The highest BCUT2D eigenvalue weighted by atomic mass is 32.1. The van der Waals surface area contributed by atoms with E-state index in [0.717, 1.165) is 5.01 Å². The number of aromatic carboxylic acids is 1. The number of benzene rings is 1. The maximum Gasteiger partial charge on any atom is 0.335 e. The summed E-state index contributed by atoms with van der Waals surface area (Å²) in [4.78, 5) is 26.8. The maximum absolute atomic E-state index is 11.9. The quantitative estimate of drug-likeness (QED) is 0.903. The van der Waals surface area contributed by atoms with Crippen LogP contribution in [0.5, 0.6) is 0 Å². The van der Waals surface area contributed by atoms with Crippen molar-refractivity contribution < 1.29 is 14.7 Å². The molecule has 6 heteroatoms. The minimum Gasteiger partial charge on any atom is -0.478 e. The van der Waals surface area contributed by atoms with E-state index in [4.69, 9.17) is 5.11 Å². The van der Waals surface area contributed by atoms with E-state index in [-0.39, 0.29) is 11.5 Å². The molecule has 0 radical (unpaired) electrons. The van der Waals surface area contributed by atoms with E-state index < -0.39 is 5.97 Å². The zero-order valence-electron chi connectivity index (χ0n) is 10.4. The molecule has 1 amide bonds. The number of thiazole rings is 1. The molecule has 5 nitrogen and oxygen atoms in total. The fourth-order valence-corrected chi connectivity index (χ4v) is 2.18. The zero-order chi connectivity index (χ0) is 14.0. The molecule has 98 valence electrons. The maximum atomic E-state index is 11.9. The average molecular weight is 276 g/mol. The number of carboxylic acids is 1. The Labute approximate surface area is 113 Å². The van der Waals surface area contributed by atoms with E-state index in [1.54, 1.807) is 18.4 Å². The first-order valence-electron chi connectivity index (χ1n) is 5.55. The lowest BCUT2D eigenvalue weighted by molar-refractivity contribution is 0.0696. The van der Waals surface area contributed by atoms with Crippen LogP contribution in [0.25, 0.3) is 0 Å². The second-order valence-corrected chi connectivity index (χ2v) is 5.10. The van der Waals surface area contributed by atoms with Crippen LogP contribution in [0.15, 0.2) is 23.6 Å². The van der Waals surface area contributed by atoms with Crippen LogP contribution < -0.4 is 5.32 Å². The lowest BCUT2D eigenvalue weighted by Gasteiger charge is -2.07. The fourth-order valence-electron chi connectivity index (χ4n) is 1.59. The van der Waals surface area contributed by atoms with E-state index in [9.17, 15) is 9.59 Å². The molecule has 2 rings (SSSR count). The first kappa shape index (κ1) is 13.2. The van der Waals surface area contributed by atoms with Gasteiger partial charge in [-0.3, -0.25) is 4.79 Å². The van der Waals surface area contributed by atoms with Crippen molar-refractivity contribution in [2.24, 2.45) is 0 Å². The van der Waals surface area contributed by atoms with E-state index >= 15 is 0 Å². The van der Waals surface area contributed by atoms with Crippen molar-refractivity contribution in [2.75, 3.05) is 5.32 Å². The first-order chi connectivity index (χ1) is 8.97. The largest absolute Gasteiger partial charge is 0.478 e. The highest BCUT2D eigenvalue weighted by molar-refractivity contribution is 7.09. The summed E-state index contributed by atoms with van der Waals surface area (Å²) >= 11 is 1.40. The van der Waals surface area contributed by atoms with Gasteiger partial charge in [0.15, 0.2) is 0 Å². The molecular weight excluding hydrogens is 264 g/mol. The molecule has 0 saturated heterocycles. The second-order valence-electron chi connectivity index (χ2n) is 4.04. The van der Waals surface area contributed by atoms with Gasteiger partial charge >= 0.3 is 5.97 Å². The normalized spacial score (nSPS) is 10.2. The van der Waals surface area contributed by atoms with Gasteiger partial charge < -0.3 is 10.4 Å². The van der Waals surface area contributed by atoms with Gasteiger partial charge in [0.2, 0.25) is 0 Å². The summed E-state index contributed by atoms with van der Waals surface area (Å²) in [5.41, 5.74) is 1.84. The van der Waals surface area contributed by atoms with Crippen molar-refractivity contribution in [1.82, 2.24) is 4.98 Å². The summed E-state index contributed by atoms with van der Waals surface area (Å²) in [6.45, 7) is 3.57. The monoisotopic (exact) mass is 276 g/mol. The molecule has 1 aromatic carbocycles. The van der Waals surface area contributed by atoms with E-state index in [2.05, 4.69) is 10.3 Å². The Morgan fingerprint density at radius 3 is 2.58 bits per heavy atom. The van der Waals surface area contributed by atoms with Gasteiger partial charge in [0.25, 0.3) is 5.91 Å². The van der Waals surface area contributed by atoms with Gasteiger partial charge in [-0.25, -0.2) is 9.78 Å². The number of aromatic nitrogens is 1. The molecule has 0 unspecified atom stereocenters. The van der Waals surface area contributed by atoms with Crippen molar-refractivity contribution in [3.05, 3.63) is 45.4 Å². The predicted molar refractivity (Wildman–Crippen MR) is 72.9 cm³/mol. The third kappa shape index (κ3) is 2.97. The smallest absolute Gasteiger partial charge is 0.335 e. The van der Waals surface area contributed by atoms with Crippen LogP contribution in [0.3, 0.4) is 0 Å². The molecule has 0 fully saturated rings. The minimum absolute atomic E-state index is 0.194. The summed E-state index contributed by atoms with van der Waals surface area (Å²) < 4.78 is 0. The Bertz CT molecular complexity index is 649. The van der Waals surface area contributed by atoms with Crippen LogP contribution in [0, 0.1) is 13.8 Å². The van der Waals surface area contributed by atoms with Crippen LogP contribution in [0.2, 0.25) is 0 Å². The molecule has 0 bridgehead atoms. The Morgan fingerprint density at radius 1 is 1.32 bits per heavy atom. The lowest BCUT2D eigenvalue weighted by Crippen LogP contribution is -2.13. The van der Waals surface area contributed by atoms with Crippen molar-refractivity contribution >= 4 is 28.9 Å². The van der Waals surface area contributed by atoms with Gasteiger partial charge in [0.1, 0.15) is 5.69 Å². The summed E-state index contributed by atoms with van der Waals surface area (Å²) in [5.74, 6) is -1.29. The first-order valence-corrected chi connectivity index (χ1v) is 6.43. The number of carbonyl (C=O) groups excluding carboxylic acids is 1. The molecule has 0 atom stereocenters. The Hall–Kier alpha value is -2.21. The topological polar surface area (TPSA) is 79.3 Å². The molecule has 19 heavy (non-hydrogen) atoms. The Morgan fingerprint density at radius 2 is 2.05 bits per heavy atom. The van der Waals surface area contributed by atoms with Crippen LogP contribution in [-0.4, -0.2) is 22.0 Å². The SMILES string of the molecule is Cc1nc(C(=O)Nc2ccc(C(=O)O)cc2C)cs1. The molecule has 2 aromatic rings. The molecule has 0 aliphatic rings. The molecule has 0 saturated carbocycles. The summed E-state index contributed by atoms with van der Waals surface area (Å²) in [5, 5.41) is 14.1. The predicted octanol–water partition coefficient (Wildman–Crippen LogP) is 2.71. The number of hydrogen-bond donors (Lipinski definition) is 2. The number of carboxylic acid groups (broad SMARTS) is 1. The summed E-state index contributed by atoms with van der Waals surface area (Å²) in [6, 6.07) is 4.55. The number of aryl methyl sites for hydroxylation is 2. The minimum atomic E-state index is -0.990. The number of nitrogens with one attached hydrogen (secondary N) is 1. The van der Waals surface area contributed by atoms with Crippen molar-refractivity contribution in [3.8, 4) is 0 Å². The van der Waals surface area contributed by atoms with Crippen LogP contribution in [0.4, 0.5) is 5.69 Å². The molecule has 0 aliphatic carbocycles. The highest BCUT2D eigenvalue weighted by Gasteiger charge is 2.12. The Kier molecular flexibility index (Phi) is 3.62. The van der Waals surface area contributed by atoms with Crippen LogP contribution in [-0.2, 0) is 0 Å². The van der Waals surface area contributed by atoms with Gasteiger partial charge in [0, 0.05) is 11.1 Å². The standard InChI is InChI=1S/C13H12N2O3S/c1-7-5-9(13(17)18)3-4-10(7)15-12(16)11-6-19-8(2)14-11/h3-6H,1-2H3,(H,15,16)(H,17,18). The molecule has 0 spiro atoms. The van der Waals surface area contributed by atoms with E-state index in [0.29, 0.717) is 16.9 Å². The number of nitrogens with zero attached hydrogens (tertiary/aromatic N) is 1. The van der Waals surface area contributed by atoms with Crippen molar-refractivity contribution in [3.63, 3.8) is 0 Å². The van der Waals surface area contributed by atoms with E-state index in [1.807, 2.05) is 6.92 Å². The lowest BCUT2D eigenvalue weighted by atomic mass is 10.1. The van der Waals surface area contributed by atoms with Gasteiger partial charge in [0.05, 0.1) is 10.6 Å².